The lowest BCUT2D eigenvalue weighted by molar-refractivity contribution is -0.142. The summed E-state index contributed by atoms with van der Waals surface area (Å²) in [4.78, 5) is 24.1. The molecule has 0 spiro atoms. The van der Waals surface area contributed by atoms with E-state index in [-0.39, 0.29) is 17.5 Å². The van der Waals surface area contributed by atoms with E-state index in [1.54, 1.807) is 6.07 Å². The Morgan fingerprint density at radius 2 is 1.69 bits per heavy atom. The lowest BCUT2D eigenvalue weighted by Crippen LogP contribution is -2.43. The summed E-state index contributed by atoms with van der Waals surface area (Å²) in [5, 5.41) is 2.36. The molecule has 0 aliphatic heterocycles. The number of benzene rings is 2. The predicted molar refractivity (Wildman–Crippen MR) is 84.8 cm³/mol. The van der Waals surface area contributed by atoms with Crippen LogP contribution in [0, 0.1) is 5.82 Å². The van der Waals surface area contributed by atoms with Crippen LogP contribution in [0.1, 0.15) is 21.5 Å². The lowest BCUT2D eigenvalue weighted by atomic mass is 10.0. The summed E-state index contributed by atoms with van der Waals surface area (Å²) in [5.41, 5.74) is -0.777. The van der Waals surface area contributed by atoms with Crippen molar-refractivity contribution >= 4 is 11.9 Å². The Balaban J connectivity index is 2.16. The number of rotatable bonds is 5. The number of esters is 1. The van der Waals surface area contributed by atoms with Crippen LogP contribution in [0.4, 0.5) is 17.6 Å². The van der Waals surface area contributed by atoms with Crippen molar-refractivity contribution in [1.29, 1.82) is 0 Å². The van der Waals surface area contributed by atoms with E-state index in [0.29, 0.717) is 0 Å². The van der Waals surface area contributed by atoms with Crippen molar-refractivity contribution in [3.63, 3.8) is 0 Å². The topological polar surface area (TPSA) is 55.4 Å². The van der Waals surface area contributed by atoms with E-state index in [2.05, 4.69) is 10.1 Å². The number of hydrogen-bond donors (Lipinski definition) is 1. The van der Waals surface area contributed by atoms with E-state index in [4.69, 9.17) is 0 Å². The molecule has 2 aromatic rings. The Kier molecular flexibility index (Phi) is 5.97. The maximum Gasteiger partial charge on any atom is 0.416 e. The second-order valence-corrected chi connectivity index (χ2v) is 5.42. The number of amides is 1. The Hall–Kier alpha value is -2.90. The van der Waals surface area contributed by atoms with Gasteiger partial charge in [-0.3, -0.25) is 4.79 Å². The first kappa shape index (κ1) is 19.4. The minimum atomic E-state index is -4.52. The van der Waals surface area contributed by atoms with Crippen molar-refractivity contribution < 1.29 is 31.9 Å². The molecule has 0 fully saturated rings. The second kappa shape index (κ2) is 7.99. The summed E-state index contributed by atoms with van der Waals surface area (Å²) >= 11 is 0. The second-order valence-electron chi connectivity index (χ2n) is 5.42. The molecular formula is C18H15F4NO3. The third-order valence-corrected chi connectivity index (χ3v) is 3.65. The maximum atomic E-state index is 13.8. The Labute approximate surface area is 146 Å². The normalized spacial score (nSPS) is 12.3. The minimum Gasteiger partial charge on any atom is -0.467 e. The van der Waals surface area contributed by atoms with Crippen LogP contribution in [0.3, 0.4) is 0 Å². The van der Waals surface area contributed by atoms with Crippen LogP contribution in [0.2, 0.25) is 0 Å². The zero-order valence-corrected chi connectivity index (χ0v) is 13.6. The van der Waals surface area contributed by atoms with Gasteiger partial charge in [0, 0.05) is 12.0 Å². The van der Waals surface area contributed by atoms with E-state index < -0.39 is 35.5 Å². The first-order valence-electron chi connectivity index (χ1n) is 7.51. The molecule has 4 nitrogen and oxygen atoms in total. The zero-order valence-electron chi connectivity index (χ0n) is 13.6. The molecule has 138 valence electrons. The van der Waals surface area contributed by atoms with Crippen LogP contribution in [0.5, 0.6) is 0 Å². The van der Waals surface area contributed by atoms with E-state index >= 15 is 0 Å². The smallest absolute Gasteiger partial charge is 0.416 e. The van der Waals surface area contributed by atoms with E-state index in [0.717, 1.165) is 31.4 Å². The van der Waals surface area contributed by atoms with E-state index in [1.807, 2.05) is 0 Å². The average molecular weight is 369 g/mol. The van der Waals surface area contributed by atoms with Gasteiger partial charge in [0.15, 0.2) is 0 Å². The van der Waals surface area contributed by atoms with Crippen molar-refractivity contribution in [2.75, 3.05) is 7.11 Å². The SMILES string of the molecule is COC(=O)[C@H](Cc1ccccc1F)NC(=O)c1ccc(C(F)(F)F)cc1. The van der Waals surface area contributed by atoms with Gasteiger partial charge < -0.3 is 10.1 Å². The van der Waals surface area contributed by atoms with Crippen LogP contribution in [-0.2, 0) is 22.1 Å². The number of methoxy groups -OCH3 is 1. The first-order chi connectivity index (χ1) is 12.2. The van der Waals surface area contributed by atoms with Crippen LogP contribution < -0.4 is 5.32 Å². The van der Waals surface area contributed by atoms with Gasteiger partial charge in [0.25, 0.3) is 5.91 Å². The van der Waals surface area contributed by atoms with Gasteiger partial charge in [-0.25, -0.2) is 9.18 Å². The predicted octanol–water partition coefficient (Wildman–Crippen LogP) is 3.36. The summed E-state index contributed by atoms with van der Waals surface area (Å²) < 4.78 is 56.1. The molecule has 1 amide bonds. The number of alkyl halides is 3. The molecule has 0 heterocycles. The van der Waals surface area contributed by atoms with Gasteiger partial charge in [0.1, 0.15) is 11.9 Å². The summed E-state index contributed by atoms with van der Waals surface area (Å²) in [6.45, 7) is 0. The summed E-state index contributed by atoms with van der Waals surface area (Å²) in [6, 6.07) is 8.05. The van der Waals surface area contributed by atoms with Crippen LogP contribution in [-0.4, -0.2) is 25.0 Å². The molecule has 1 N–H and O–H groups in total. The summed E-state index contributed by atoms with van der Waals surface area (Å²) in [5.74, 6) is -2.12. The number of nitrogens with one attached hydrogen (secondary N) is 1. The molecule has 0 saturated heterocycles. The standard InChI is InChI=1S/C18H15F4NO3/c1-26-17(25)15(10-12-4-2-3-5-14(12)19)23-16(24)11-6-8-13(9-7-11)18(20,21)22/h2-9,15H,10H2,1H3,(H,23,24)/t15-/m0/s1. The highest BCUT2D eigenvalue weighted by Crippen LogP contribution is 2.29. The fourth-order valence-corrected chi connectivity index (χ4v) is 2.27. The number of halogens is 4. The van der Waals surface area contributed by atoms with Crippen LogP contribution in [0.15, 0.2) is 48.5 Å². The summed E-state index contributed by atoms with van der Waals surface area (Å²) in [7, 11) is 1.11. The van der Waals surface area contributed by atoms with E-state index in [9.17, 15) is 27.2 Å². The van der Waals surface area contributed by atoms with Gasteiger partial charge in [0.2, 0.25) is 0 Å². The molecule has 1 atom stereocenters. The molecule has 2 aromatic carbocycles. The molecule has 0 aliphatic rings. The molecule has 0 bridgehead atoms. The zero-order chi connectivity index (χ0) is 19.3. The van der Waals surface area contributed by atoms with Gasteiger partial charge in [-0.1, -0.05) is 18.2 Å². The maximum absolute atomic E-state index is 13.8. The largest absolute Gasteiger partial charge is 0.467 e. The third-order valence-electron chi connectivity index (χ3n) is 3.65. The van der Waals surface area contributed by atoms with Crippen LogP contribution in [0.25, 0.3) is 0 Å². The van der Waals surface area contributed by atoms with Crippen molar-refractivity contribution in [2.24, 2.45) is 0 Å². The monoisotopic (exact) mass is 369 g/mol. The summed E-state index contributed by atoms with van der Waals surface area (Å²) in [6.07, 6.45) is -4.68. The van der Waals surface area contributed by atoms with Gasteiger partial charge >= 0.3 is 12.1 Å². The van der Waals surface area contributed by atoms with Crippen molar-refractivity contribution in [2.45, 2.75) is 18.6 Å². The van der Waals surface area contributed by atoms with Gasteiger partial charge in [-0.2, -0.15) is 13.2 Å². The molecular weight excluding hydrogens is 354 g/mol. The minimum absolute atomic E-state index is 0.0690. The number of hydrogen-bond acceptors (Lipinski definition) is 3. The number of carbonyl (C=O) groups excluding carboxylic acids is 2. The fraction of sp³-hybridized carbons (Fsp3) is 0.222. The fourth-order valence-electron chi connectivity index (χ4n) is 2.27. The van der Waals surface area contributed by atoms with E-state index in [1.165, 1.54) is 18.2 Å². The Morgan fingerprint density at radius 1 is 1.08 bits per heavy atom. The van der Waals surface area contributed by atoms with Gasteiger partial charge in [-0.05, 0) is 35.9 Å². The molecule has 8 heteroatoms. The molecule has 0 unspecified atom stereocenters. The van der Waals surface area contributed by atoms with Gasteiger partial charge in [0.05, 0.1) is 12.7 Å². The average Bonchev–Trinajstić information content (AvgIpc) is 2.61. The first-order valence-corrected chi connectivity index (χ1v) is 7.51. The quantitative estimate of drug-likeness (QED) is 0.650. The molecule has 2 rings (SSSR count). The Morgan fingerprint density at radius 3 is 2.23 bits per heavy atom. The molecule has 0 saturated carbocycles. The molecule has 0 aromatic heterocycles. The highest BCUT2D eigenvalue weighted by atomic mass is 19.4. The lowest BCUT2D eigenvalue weighted by Gasteiger charge is -2.17. The number of ether oxygens (including phenoxy) is 1. The van der Waals surface area contributed by atoms with Crippen LogP contribution >= 0.6 is 0 Å². The molecule has 26 heavy (non-hydrogen) atoms. The highest BCUT2D eigenvalue weighted by Gasteiger charge is 2.30. The highest BCUT2D eigenvalue weighted by molar-refractivity contribution is 5.96. The molecule has 0 aliphatic carbocycles. The Bertz CT molecular complexity index is 788. The molecule has 0 radical (unpaired) electrons. The van der Waals surface area contributed by atoms with Crippen molar-refractivity contribution in [1.82, 2.24) is 5.32 Å². The number of carbonyl (C=O) groups is 2. The third kappa shape index (κ3) is 4.81. The van der Waals surface area contributed by atoms with Crippen molar-refractivity contribution in [3.05, 3.63) is 71.0 Å². The van der Waals surface area contributed by atoms with Crippen molar-refractivity contribution in [3.8, 4) is 0 Å². The van der Waals surface area contributed by atoms with Gasteiger partial charge in [-0.15, -0.1) is 0 Å².